The minimum atomic E-state index is -0.547. The average Bonchev–Trinajstić information content (AvgIpc) is 2.60. The minimum Gasteiger partial charge on any atom is -0.353 e. The Balaban J connectivity index is 2.08. The van der Waals surface area contributed by atoms with Gasteiger partial charge in [-0.25, -0.2) is 0 Å². The Bertz CT molecular complexity index is 617. The molecule has 1 aromatic carbocycles. The molecular formula is C15H19N3O3. The zero-order valence-corrected chi connectivity index (χ0v) is 12.4. The summed E-state index contributed by atoms with van der Waals surface area (Å²) in [5.41, 5.74) is 6.82. The van der Waals surface area contributed by atoms with Gasteiger partial charge in [0.25, 0.3) is 11.8 Å². The van der Waals surface area contributed by atoms with E-state index in [9.17, 15) is 14.4 Å². The molecule has 6 heteroatoms. The molecule has 112 valence electrons. The third-order valence-electron chi connectivity index (χ3n) is 3.17. The first-order valence-corrected chi connectivity index (χ1v) is 6.71. The highest BCUT2D eigenvalue weighted by atomic mass is 16.2. The molecule has 0 saturated heterocycles. The van der Waals surface area contributed by atoms with Crippen molar-refractivity contribution in [1.82, 2.24) is 10.2 Å². The Morgan fingerprint density at radius 1 is 1.24 bits per heavy atom. The first kappa shape index (κ1) is 15.2. The summed E-state index contributed by atoms with van der Waals surface area (Å²) < 4.78 is 0. The molecule has 2 rings (SSSR count). The summed E-state index contributed by atoms with van der Waals surface area (Å²) in [4.78, 5) is 37.2. The van der Waals surface area contributed by atoms with E-state index in [1.807, 2.05) is 6.92 Å². The van der Waals surface area contributed by atoms with Crippen LogP contribution in [0.25, 0.3) is 0 Å². The number of benzene rings is 1. The lowest BCUT2D eigenvalue weighted by Crippen LogP contribution is -2.48. The van der Waals surface area contributed by atoms with Gasteiger partial charge in [0.05, 0.1) is 11.1 Å². The van der Waals surface area contributed by atoms with Crippen molar-refractivity contribution < 1.29 is 14.4 Å². The maximum atomic E-state index is 12.2. The van der Waals surface area contributed by atoms with Crippen molar-refractivity contribution in [1.29, 1.82) is 0 Å². The van der Waals surface area contributed by atoms with Crippen molar-refractivity contribution in [3.05, 3.63) is 34.9 Å². The lowest BCUT2D eigenvalue weighted by Gasteiger charge is -2.20. The first-order valence-electron chi connectivity index (χ1n) is 6.71. The van der Waals surface area contributed by atoms with Gasteiger partial charge in [0.2, 0.25) is 5.91 Å². The summed E-state index contributed by atoms with van der Waals surface area (Å²) in [6, 6.07) is 5.05. The Labute approximate surface area is 123 Å². The predicted octanol–water partition coefficient (Wildman–Crippen LogP) is 0.445. The summed E-state index contributed by atoms with van der Waals surface area (Å²) in [6.45, 7) is 5.38. The van der Waals surface area contributed by atoms with Gasteiger partial charge in [0.15, 0.2) is 0 Å². The Hall–Kier alpha value is -2.21. The largest absolute Gasteiger partial charge is 0.353 e. The second kappa shape index (κ2) is 5.29. The van der Waals surface area contributed by atoms with E-state index < -0.39 is 23.3 Å². The average molecular weight is 289 g/mol. The van der Waals surface area contributed by atoms with E-state index in [0.29, 0.717) is 11.1 Å². The van der Waals surface area contributed by atoms with Gasteiger partial charge >= 0.3 is 0 Å². The summed E-state index contributed by atoms with van der Waals surface area (Å²) >= 11 is 0. The summed E-state index contributed by atoms with van der Waals surface area (Å²) in [5, 5.41) is 2.62. The first-order chi connectivity index (χ1) is 9.69. The zero-order valence-electron chi connectivity index (χ0n) is 12.4. The molecule has 6 nitrogen and oxygen atoms in total. The highest BCUT2D eigenvalue weighted by molar-refractivity contribution is 6.22. The number of carbonyl (C=O) groups excluding carboxylic acids is 3. The zero-order chi connectivity index (χ0) is 15.8. The van der Waals surface area contributed by atoms with Crippen LogP contribution in [-0.4, -0.2) is 41.2 Å². The Morgan fingerprint density at radius 2 is 1.86 bits per heavy atom. The summed E-state index contributed by atoms with van der Waals surface area (Å²) in [5.74, 6) is -1.27. The van der Waals surface area contributed by atoms with Crippen molar-refractivity contribution in [2.75, 3.05) is 13.1 Å². The number of nitrogens with zero attached hydrogens (tertiary/aromatic N) is 1. The maximum absolute atomic E-state index is 12.2. The Morgan fingerprint density at radius 3 is 2.48 bits per heavy atom. The number of nitrogens with two attached hydrogens (primary N) is 1. The highest BCUT2D eigenvalue weighted by Gasteiger charge is 2.36. The molecule has 0 bridgehead atoms. The van der Waals surface area contributed by atoms with Crippen LogP contribution in [0.2, 0.25) is 0 Å². The monoisotopic (exact) mass is 289 g/mol. The fraction of sp³-hybridized carbons (Fsp3) is 0.400. The van der Waals surface area contributed by atoms with Crippen LogP contribution < -0.4 is 11.1 Å². The van der Waals surface area contributed by atoms with Gasteiger partial charge in [0, 0.05) is 12.1 Å². The van der Waals surface area contributed by atoms with Crippen molar-refractivity contribution in [3.63, 3.8) is 0 Å². The smallest absolute Gasteiger partial charge is 0.262 e. The molecule has 0 radical (unpaired) electrons. The van der Waals surface area contributed by atoms with E-state index in [-0.39, 0.29) is 13.1 Å². The molecule has 0 aliphatic carbocycles. The molecule has 0 unspecified atom stereocenters. The predicted molar refractivity (Wildman–Crippen MR) is 77.8 cm³/mol. The second-order valence-corrected chi connectivity index (χ2v) is 6.01. The molecule has 3 amide bonds. The number of hydrogen-bond acceptors (Lipinski definition) is 4. The van der Waals surface area contributed by atoms with Crippen LogP contribution >= 0.6 is 0 Å². The van der Waals surface area contributed by atoms with Gasteiger partial charge in [0.1, 0.15) is 6.54 Å². The number of imide groups is 1. The van der Waals surface area contributed by atoms with Crippen LogP contribution in [0.1, 0.15) is 40.1 Å². The minimum absolute atomic E-state index is 0.272. The summed E-state index contributed by atoms with van der Waals surface area (Å²) in [7, 11) is 0. The fourth-order valence-corrected chi connectivity index (χ4v) is 2.07. The van der Waals surface area contributed by atoms with E-state index in [4.69, 9.17) is 5.73 Å². The van der Waals surface area contributed by atoms with Gasteiger partial charge in [-0.1, -0.05) is 11.6 Å². The molecule has 0 saturated carbocycles. The Kier molecular flexibility index (Phi) is 3.82. The molecule has 0 spiro atoms. The van der Waals surface area contributed by atoms with E-state index in [1.54, 1.807) is 32.0 Å². The number of amides is 3. The lowest BCUT2D eigenvalue weighted by atomic mass is 10.1. The van der Waals surface area contributed by atoms with Crippen molar-refractivity contribution in [2.45, 2.75) is 26.3 Å². The number of carbonyl (C=O) groups is 3. The highest BCUT2D eigenvalue weighted by Crippen LogP contribution is 2.23. The topological polar surface area (TPSA) is 92.5 Å². The number of rotatable bonds is 4. The van der Waals surface area contributed by atoms with Gasteiger partial charge in [-0.05, 0) is 32.9 Å². The summed E-state index contributed by atoms with van der Waals surface area (Å²) in [6.07, 6.45) is 0. The lowest BCUT2D eigenvalue weighted by molar-refractivity contribution is -0.121. The van der Waals surface area contributed by atoms with Gasteiger partial charge in [-0.15, -0.1) is 0 Å². The van der Waals surface area contributed by atoms with Crippen LogP contribution in [0.4, 0.5) is 0 Å². The van der Waals surface area contributed by atoms with Crippen LogP contribution in [-0.2, 0) is 4.79 Å². The quantitative estimate of drug-likeness (QED) is 0.787. The van der Waals surface area contributed by atoms with Crippen molar-refractivity contribution >= 4 is 17.7 Å². The van der Waals surface area contributed by atoms with Crippen molar-refractivity contribution in [3.8, 4) is 0 Å². The third-order valence-corrected chi connectivity index (χ3v) is 3.17. The third kappa shape index (κ3) is 3.28. The van der Waals surface area contributed by atoms with E-state index in [2.05, 4.69) is 5.32 Å². The molecule has 0 atom stereocenters. The van der Waals surface area contributed by atoms with Crippen molar-refractivity contribution in [2.24, 2.45) is 5.73 Å². The number of fused-ring (bicyclic) bond motifs is 1. The van der Waals surface area contributed by atoms with Gasteiger partial charge < -0.3 is 11.1 Å². The van der Waals surface area contributed by atoms with Crippen LogP contribution in [0.3, 0.4) is 0 Å². The van der Waals surface area contributed by atoms with E-state index >= 15 is 0 Å². The molecule has 0 fully saturated rings. The molecule has 3 N–H and O–H groups in total. The molecule has 21 heavy (non-hydrogen) atoms. The molecular weight excluding hydrogens is 270 g/mol. The molecule has 1 aromatic rings. The molecule has 0 aromatic heterocycles. The molecule has 1 heterocycles. The number of aryl methyl sites for hydroxylation is 1. The molecule has 1 aliphatic heterocycles. The van der Waals surface area contributed by atoms with Gasteiger partial charge in [-0.2, -0.15) is 0 Å². The number of nitrogens with one attached hydrogen (secondary N) is 1. The maximum Gasteiger partial charge on any atom is 0.262 e. The van der Waals surface area contributed by atoms with E-state index in [0.717, 1.165) is 10.5 Å². The SMILES string of the molecule is Cc1ccc2c(c1)C(=O)N(CC(=O)NCC(C)(C)N)C2=O. The fourth-order valence-electron chi connectivity index (χ4n) is 2.07. The van der Waals surface area contributed by atoms with E-state index in [1.165, 1.54) is 0 Å². The molecule has 1 aliphatic rings. The normalized spacial score (nSPS) is 14.4. The second-order valence-electron chi connectivity index (χ2n) is 6.01. The van der Waals surface area contributed by atoms with Crippen LogP contribution in [0.15, 0.2) is 18.2 Å². The van der Waals surface area contributed by atoms with Crippen LogP contribution in [0.5, 0.6) is 0 Å². The van der Waals surface area contributed by atoms with Crippen LogP contribution in [0, 0.1) is 6.92 Å². The number of hydrogen-bond donors (Lipinski definition) is 2. The standard InChI is InChI=1S/C15H19N3O3/c1-9-4-5-10-11(6-9)14(21)18(13(10)20)7-12(19)17-8-15(2,3)16/h4-6H,7-8,16H2,1-3H3,(H,17,19). The van der Waals surface area contributed by atoms with Gasteiger partial charge in [-0.3, -0.25) is 19.3 Å².